The average Bonchev–Trinajstić information content (AvgIpc) is 3.56. The van der Waals surface area contributed by atoms with Crippen molar-refractivity contribution in [2.45, 2.75) is 38.4 Å². The minimum absolute atomic E-state index is 0.0842. The van der Waals surface area contributed by atoms with E-state index in [0.29, 0.717) is 18.8 Å². The molecule has 0 aliphatic heterocycles. The van der Waals surface area contributed by atoms with E-state index in [1.54, 1.807) is 26.3 Å². The van der Waals surface area contributed by atoms with Gasteiger partial charge in [0, 0.05) is 24.2 Å². The number of rotatable bonds is 11. The normalized spacial score (nSPS) is 14.9. The van der Waals surface area contributed by atoms with E-state index in [9.17, 15) is 14.0 Å². The lowest BCUT2D eigenvalue weighted by Crippen LogP contribution is -2.45. The fourth-order valence-corrected chi connectivity index (χ4v) is 4.08. The lowest BCUT2D eigenvalue weighted by atomic mass is 10.0. The lowest BCUT2D eigenvalue weighted by molar-refractivity contribution is 0.1000. The van der Waals surface area contributed by atoms with Gasteiger partial charge in [-0.25, -0.2) is 14.2 Å². The van der Waals surface area contributed by atoms with Crippen LogP contribution in [0.1, 0.15) is 30.1 Å². The Hall–Kier alpha value is -3.93. The molecule has 0 spiro atoms. The van der Waals surface area contributed by atoms with E-state index in [0.717, 1.165) is 29.8 Å². The Morgan fingerprint density at radius 1 is 1.31 bits per heavy atom. The minimum atomic E-state index is -1.16. The maximum Gasteiger partial charge on any atom is 0.404 e. The number of benzene rings is 1. The molecule has 35 heavy (non-hydrogen) atoms. The molecule has 2 amide bonds. The highest BCUT2D eigenvalue weighted by atomic mass is 19.1. The Morgan fingerprint density at radius 3 is 2.74 bits per heavy atom. The number of carbonyl (C=O) groups excluding carboxylic acids is 1. The van der Waals surface area contributed by atoms with Crippen molar-refractivity contribution in [3.05, 3.63) is 41.8 Å². The van der Waals surface area contributed by atoms with Crippen molar-refractivity contribution in [3.8, 4) is 0 Å². The second kappa shape index (κ2) is 10.1. The van der Waals surface area contributed by atoms with Crippen molar-refractivity contribution in [2.75, 3.05) is 24.4 Å². The number of halogens is 1. The molecule has 4 rings (SSSR count). The third-order valence-corrected chi connectivity index (χ3v) is 5.98. The van der Waals surface area contributed by atoms with E-state index in [-0.39, 0.29) is 29.2 Å². The molecule has 186 valence electrons. The number of primary amides is 1. The summed E-state index contributed by atoms with van der Waals surface area (Å²) in [5, 5.41) is 22.8. The zero-order chi connectivity index (χ0) is 25.1. The van der Waals surface area contributed by atoms with Crippen LogP contribution in [0.15, 0.2) is 30.5 Å². The first-order chi connectivity index (χ1) is 16.8. The van der Waals surface area contributed by atoms with Crippen LogP contribution in [0.25, 0.3) is 10.9 Å². The Kier molecular flexibility index (Phi) is 7.01. The van der Waals surface area contributed by atoms with Gasteiger partial charge in [-0.2, -0.15) is 5.10 Å². The summed E-state index contributed by atoms with van der Waals surface area (Å²) in [6, 6.07) is 5.68. The summed E-state index contributed by atoms with van der Waals surface area (Å²) in [7, 11) is 1.62. The summed E-state index contributed by atoms with van der Waals surface area (Å²) in [6.45, 7) is 2.84. The highest BCUT2D eigenvalue weighted by molar-refractivity contribution is 5.99. The quantitative estimate of drug-likeness (QED) is 0.277. The first kappa shape index (κ1) is 24.2. The van der Waals surface area contributed by atoms with Crippen molar-refractivity contribution in [3.63, 3.8) is 0 Å². The Bertz CT molecular complexity index is 1240. The average molecular weight is 486 g/mol. The van der Waals surface area contributed by atoms with Gasteiger partial charge in [-0.05, 0) is 49.9 Å². The number of amides is 2. The highest BCUT2D eigenvalue weighted by Gasteiger charge is 2.36. The number of hydrogen-bond acceptors (Lipinski definition) is 7. The van der Waals surface area contributed by atoms with Gasteiger partial charge in [0.1, 0.15) is 5.82 Å². The van der Waals surface area contributed by atoms with Gasteiger partial charge in [-0.1, -0.05) is 0 Å². The molecule has 0 bridgehead atoms. The summed E-state index contributed by atoms with van der Waals surface area (Å²) in [5.74, 6) is -1.42. The lowest BCUT2D eigenvalue weighted by Gasteiger charge is -2.26. The molecule has 2 atom stereocenters. The Morgan fingerprint density at radius 2 is 2.09 bits per heavy atom. The van der Waals surface area contributed by atoms with Crippen LogP contribution >= 0.6 is 0 Å². The molecule has 0 unspecified atom stereocenters. The summed E-state index contributed by atoms with van der Waals surface area (Å²) in [4.78, 5) is 27.4. The van der Waals surface area contributed by atoms with E-state index in [4.69, 9.17) is 15.6 Å². The van der Waals surface area contributed by atoms with Crippen LogP contribution < -0.4 is 21.7 Å². The van der Waals surface area contributed by atoms with Gasteiger partial charge in [0.05, 0.1) is 36.5 Å². The standard InChI is InChI=1S/C23H28FN7O4/c1-12(27-23(33)34)19(13-3-4-13)29-22-17(24)10-16(20(25)32)21(30-22)28-15-5-6-18-14(9-15)11-26-31(18)7-8-35-2/h5-6,9-13,19,27H,3-4,7-8H2,1-2H3,(H2,25,32)(H,33,34)(H2,28,29,30)/t12-,19-/m0/s1. The second-order valence-corrected chi connectivity index (χ2v) is 8.58. The molecule has 1 aromatic carbocycles. The number of nitrogens with two attached hydrogens (primary N) is 1. The summed E-state index contributed by atoms with van der Waals surface area (Å²) >= 11 is 0. The molecule has 0 radical (unpaired) electrons. The third-order valence-electron chi connectivity index (χ3n) is 5.98. The number of hydrogen-bond donors (Lipinski definition) is 5. The van der Waals surface area contributed by atoms with E-state index in [1.165, 1.54) is 0 Å². The monoisotopic (exact) mass is 485 g/mol. The van der Waals surface area contributed by atoms with Gasteiger partial charge in [-0.3, -0.25) is 9.48 Å². The van der Waals surface area contributed by atoms with Gasteiger partial charge in [0.15, 0.2) is 11.6 Å². The number of nitrogens with zero attached hydrogens (tertiary/aromatic N) is 3. The van der Waals surface area contributed by atoms with E-state index in [2.05, 4.69) is 26.0 Å². The molecule has 11 nitrogen and oxygen atoms in total. The van der Waals surface area contributed by atoms with Gasteiger partial charge >= 0.3 is 6.09 Å². The van der Waals surface area contributed by atoms with Crippen LogP contribution in [0.4, 0.5) is 26.5 Å². The number of carboxylic acid groups (broad SMARTS) is 1. The molecule has 2 heterocycles. The van der Waals surface area contributed by atoms with Crippen LogP contribution in [-0.4, -0.2) is 57.7 Å². The number of anilines is 3. The maximum absolute atomic E-state index is 14.9. The molecule has 12 heteroatoms. The van der Waals surface area contributed by atoms with Crippen LogP contribution in [0.3, 0.4) is 0 Å². The van der Waals surface area contributed by atoms with Crippen molar-refractivity contribution in [1.29, 1.82) is 0 Å². The molecule has 6 N–H and O–H groups in total. The first-order valence-corrected chi connectivity index (χ1v) is 11.2. The molecular weight excluding hydrogens is 457 g/mol. The molecular formula is C23H28FN7O4. The first-order valence-electron chi connectivity index (χ1n) is 11.2. The number of aromatic nitrogens is 3. The molecule has 1 fully saturated rings. The Balaban J connectivity index is 1.62. The summed E-state index contributed by atoms with van der Waals surface area (Å²) in [5.41, 5.74) is 6.89. The van der Waals surface area contributed by atoms with Gasteiger partial charge in [0.25, 0.3) is 5.91 Å². The Labute approximate surface area is 200 Å². The fourth-order valence-electron chi connectivity index (χ4n) is 4.08. The topological polar surface area (TPSA) is 156 Å². The maximum atomic E-state index is 14.9. The third kappa shape index (κ3) is 5.60. The van der Waals surface area contributed by atoms with Crippen molar-refractivity contribution in [1.82, 2.24) is 20.1 Å². The van der Waals surface area contributed by atoms with Crippen LogP contribution in [-0.2, 0) is 11.3 Å². The zero-order valence-corrected chi connectivity index (χ0v) is 19.4. The molecule has 2 aromatic heterocycles. The molecule has 3 aromatic rings. The SMILES string of the molecule is COCCn1ncc2cc(Nc3nc(N[C@H](C4CC4)[C@H](C)NC(=O)O)c(F)cc3C(N)=O)ccc21. The van der Waals surface area contributed by atoms with Crippen molar-refractivity contribution < 1.29 is 23.8 Å². The van der Waals surface area contributed by atoms with Gasteiger partial charge < -0.3 is 31.5 Å². The smallest absolute Gasteiger partial charge is 0.404 e. The molecule has 0 saturated heterocycles. The minimum Gasteiger partial charge on any atom is -0.465 e. The molecule has 1 aliphatic carbocycles. The van der Waals surface area contributed by atoms with Crippen LogP contribution in [0, 0.1) is 11.7 Å². The number of fused-ring (bicyclic) bond motifs is 1. The predicted molar refractivity (Wildman–Crippen MR) is 128 cm³/mol. The van der Waals surface area contributed by atoms with E-state index < -0.39 is 23.9 Å². The molecule has 1 aliphatic rings. The molecule has 1 saturated carbocycles. The van der Waals surface area contributed by atoms with Crippen LogP contribution in [0.2, 0.25) is 0 Å². The highest BCUT2D eigenvalue weighted by Crippen LogP contribution is 2.36. The number of pyridine rings is 1. The van der Waals surface area contributed by atoms with Crippen LogP contribution in [0.5, 0.6) is 0 Å². The van der Waals surface area contributed by atoms with Gasteiger partial charge in [0.2, 0.25) is 0 Å². The number of methoxy groups -OCH3 is 1. The van der Waals surface area contributed by atoms with E-state index in [1.807, 2.05) is 16.8 Å². The van der Waals surface area contributed by atoms with Crippen molar-refractivity contribution >= 4 is 40.2 Å². The number of nitrogens with one attached hydrogen (secondary N) is 3. The van der Waals surface area contributed by atoms with E-state index >= 15 is 0 Å². The van der Waals surface area contributed by atoms with Crippen molar-refractivity contribution in [2.24, 2.45) is 11.7 Å². The second-order valence-electron chi connectivity index (χ2n) is 8.58. The number of ether oxygens (including phenoxy) is 1. The number of carbonyl (C=O) groups is 2. The fraction of sp³-hybridized carbons (Fsp3) is 0.391. The predicted octanol–water partition coefficient (Wildman–Crippen LogP) is 2.91. The zero-order valence-electron chi connectivity index (χ0n) is 19.4. The summed E-state index contributed by atoms with van der Waals surface area (Å²) in [6.07, 6.45) is 2.35. The van der Waals surface area contributed by atoms with Gasteiger partial charge in [-0.15, -0.1) is 0 Å². The summed E-state index contributed by atoms with van der Waals surface area (Å²) < 4.78 is 21.8. The largest absolute Gasteiger partial charge is 0.465 e.